The molecule has 0 unspecified atom stereocenters. The summed E-state index contributed by atoms with van der Waals surface area (Å²) < 4.78 is 0. The van der Waals surface area contributed by atoms with E-state index in [1.54, 1.807) is 0 Å². The fourth-order valence-electron chi connectivity index (χ4n) is 0.794. The maximum Gasteiger partial charge on any atom is 0.173 e. The first-order valence-electron chi connectivity index (χ1n) is 3.98. The molecule has 0 spiro atoms. The maximum absolute atomic E-state index is 7.10. The molecule has 14 heavy (non-hydrogen) atoms. The van der Waals surface area contributed by atoms with Crippen LogP contribution in [0.25, 0.3) is 0 Å². The first-order chi connectivity index (χ1) is 6.65. The van der Waals surface area contributed by atoms with E-state index in [1.165, 1.54) is 12.4 Å². The summed E-state index contributed by atoms with van der Waals surface area (Å²) in [5.74, 6) is 0. The molecule has 4 N–H and O–H groups in total. The Labute approximate surface area is 84.6 Å². The third-order valence-corrected chi connectivity index (χ3v) is 1.34. The minimum Gasteiger partial charge on any atom is -0.362 e. The van der Waals surface area contributed by atoms with Gasteiger partial charge in [0.2, 0.25) is 0 Å². The van der Waals surface area contributed by atoms with Crippen molar-refractivity contribution in [2.75, 3.05) is 20.3 Å². The molecule has 0 fully saturated rings. The molecule has 1 aliphatic rings. The largest absolute Gasteiger partial charge is 0.362 e. The van der Waals surface area contributed by atoms with Gasteiger partial charge in [-0.2, -0.15) is 10.5 Å². The smallest absolute Gasteiger partial charge is 0.173 e. The van der Waals surface area contributed by atoms with Crippen LogP contribution in [0.15, 0.2) is 12.4 Å². The Bertz CT molecular complexity index is 211. The molecular weight excluding hydrogens is 180 g/mol. The van der Waals surface area contributed by atoms with E-state index in [4.69, 9.17) is 10.5 Å². The van der Waals surface area contributed by atoms with Gasteiger partial charge in [-0.25, -0.2) is 0 Å². The second-order valence-corrected chi connectivity index (χ2v) is 2.36. The Hall–Kier alpha value is -2.08. The number of rotatable bonds is 1. The second-order valence-electron chi connectivity index (χ2n) is 2.36. The molecule has 0 aliphatic carbocycles. The molecule has 0 amide bonds. The van der Waals surface area contributed by atoms with Gasteiger partial charge in [0.1, 0.15) is 0 Å². The van der Waals surface area contributed by atoms with Gasteiger partial charge in [-0.3, -0.25) is 0 Å². The Balaban J connectivity index is 0. The quantitative estimate of drug-likeness (QED) is 0.434. The molecule has 1 aliphatic heterocycles. The maximum atomic E-state index is 7.10. The van der Waals surface area contributed by atoms with Crippen molar-refractivity contribution < 1.29 is 0 Å². The molecular formula is C8H16N6. The first-order valence-corrected chi connectivity index (χ1v) is 3.98. The normalized spacial score (nSPS) is 11.4. The molecule has 0 bridgehead atoms. The molecule has 78 valence electrons. The number of nitrogens with zero attached hydrogens (tertiary/aromatic N) is 4. The molecule has 6 heteroatoms. The summed E-state index contributed by atoms with van der Waals surface area (Å²) in [6, 6.07) is 0. The Morgan fingerprint density at radius 1 is 1.29 bits per heavy atom. The highest BCUT2D eigenvalue weighted by atomic mass is 15.3. The van der Waals surface area contributed by atoms with Crippen LogP contribution in [0, 0.1) is 22.9 Å². The van der Waals surface area contributed by atoms with Gasteiger partial charge < -0.3 is 21.3 Å². The second kappa shape index (κ2) is 10.9. The van der Waals surface area contributed by atoms with Crippen LogP contribution >= 0.6 is 0 Å². The van der Waals surface area contributed by atoms with E-state index in [0.717, 1.165) is 13.2 Å². The van der Waals surface area contributed by atoms with Crippen LogP contribution in [0.1, 0.15) is 6.92 Å². The average molecular weight is 196 g/mol. The predicted molar refractivity (Wildman–Crippen MR) is 53.8 cm³/mol. The third kappa shape index (κ3) is 9.92. The van der Waals surface area contributed by atoms with Crippen molar-refractivity contribution >= 4 is 0 Å². The molecule has 0 aromatic rings. The molecule has 0 atom stereocenters. The number of hydrogen-bond acceptors (Lipinski definition) is 6. The van der Waals surface area contributed by atoms with Crippen LogP contribution in [-0.2, 0) is 0 Å². The number of hydrogen-bond donors (Lipinski definition) is 2. The van der Waals surface area contributed by atoms with E-state index in [1.807, 2.05) is 0 Å². The minimum absolute atomic E-state index is 1.05. The van der Waals surface area contributed by atoms with Crippen molar-refractivity contribution in [1.82, 2.24) is 9.80 Å². The van der Waals surface area contributed by atoms with Gasteiger partial charge in [0, 0.05) is 26.0 Å². The van der Waals surface area contributed by atoms with Crippen molar-refractivity contribution in [2.24, 2.45) is 11.5 Å². The van der Waals surface area contributed by atoms with Gasteiger partial charge in [-0.05, 0) is 6.92 Å². The van der Waals surface area contributed by atoms with E-state index >= 15 is 0 Å². The highest BCUT2D eigenvalue weighted by molar-refractivity contribution is 4.87. The average Bonchev–Trinajstić information content (AvgIpc) is 2.54. The van der Waals surface area contributed by atoms with Crippen LogP contribution in [0.2, 0.25) is 0 Å². The Kier molecular flexibility index (Phi) is 11.3. The Morgan fingerprint density at radius 2 is 1.71 bits per heavy atom. The van der Waals surface area contributed by atoms with Gasteiger partial charge in [0.05, 0.1) is 6.67 Å². The SMILES string of the molecule is CCN1C=CN(C)C1.N#CN.N#CN. The van der Waals surface area contributed by atoms with E-state index in [2.05, 4.69) is 47.6 Å². The zero-order valence-corrected chi connectivity index (χ0v) is 8.51. The van der Waals surface area contributed by atoms with Crippen molar-refractivity contribution in [3.8, 4) is 12.4 Å². The molecule has 0 saturated carbocycles. The van der Waals surface area contributed by atoms with E-state index < -0.39 is 0 Å². The van der Waals surface area contributed by atoms with Crippen molar-refractivity contribution in [2.45, 2.75) is 6.92 Å². The number of nitrogens with two attached hydrogens (primary N) is 2. The van der Waals surface area contributed by atoms with Gasteiger partial charge in [0.15, 0.2) is 12.4 Å². The van der Waals surface area contributed by atoms with Crippen LogP contribution in [-0.4, -0.2) is 30.1 Å². The van der Waals surface area contributed by atoms with E-state index in [-0.39, 0.29) is 0 Å². The lowest BCUT2D eigenvalue weighted by Crippen LogP contribution is -2.21. The van der Waals surface area contributed by atoms with Crippen molar-refractivity contribution in [1.29, 1.82) is 10.5 Å². The van der Waals surface area contributed by atoms with Crippen molar-refractivity contribution in [3.05, 3.63) is 12.4 Å². The summed E-state index contributed by atoms with van der Waals surface area (Å²) in [6.45, 7) is 4.32. The fourth-order valence-corrected chi connectivity index (χ4v) is 0.794. The zero-order chi connectivity index (χ0) is 11.4. The predicted octanol–water partition coefficient (Wildman–Crippen LogP) is -0.465. The monoisotopic (exact) mass is 196 g/mol. The van der Waals surface area contributed by atoms with Gasteiger partial charge in [0.25, 0.3) is 0 Å². The van der Waals surface area contributed by atoms with Gasteiger partial charge in [-0.1, -0.05) is 0 Å². The summed E-state index contributed by atoms with van der Waals surface area (Å²) in [4.78, 5) is 4.41. The molecule has 6 nitrogen and oxygen atoms in total. The topological polar surface area (TPSA) is 106 Å². The van der Waals surface area contributed by atoms with Crippen LogP contribution in [0.5, 0.6) is 0 Å². The van der Waals surface area contributed by atoms with Gasteiger partial charge in [-0.15, -0.1) is 0 Å². The van der Waals surface area contributed by atoms with Crippen LogP contribution in [0.4, 0.5) is 0 Å². The summed E-state index contributed by atoms with van der Waals surface area (Å²) in [6.07, 6.45) is 6.70. The lowest BCUT2D eigenvalue weighted by molar-refractivity contribution is 0.308. The first kappa shape index (κ1) is 14.4. The lowest BCUT2D eigenvalue weighted by Gasteiger charge is -2.14. The standard InChI is InChI=1S/C6H12N2.2CH2N2/c1-3-8-5-4-7(2)6-8;2*2-1-3/h4-5H,3,6H2,1-2H3;2*2H2. The molecule has 0 radical (unpaired) electrons. The summed E-state index contributed by atoms with van der Waals surface area (Å²) >= 11 is 0. The summed E-state index contributed by atoms with van der Waals surface area (Å²) in [5, 5.41) is 14.2. The molecule has 0 aromatic carbocycles. The molecule has 0 aromatic heterocycles. The number of nitriles is 2. The van der Waals surface area contributed by atoms with E-state index in [9.17, 15) is 0 Å². The molecule has 1 heterocycles. The zero-order valence-electron chi connectivity index (χ0n) is 8.51. The minimum atomic E-state index is 1.05. The van der Waals surface area contributed by atoms with Crippen molar-refractivity contribution in [3.63, 3.8) is 0 Å². The highest BCUT2D eigenvalue weighted by Gasteiger charge is 2.03. The molecule has 1 rings (SSSR count). The lowest BCUT2D eigenvalue weighted by atomic mass is 10.6. The summed E-state index contributed by atoms with van der Waals surface area (Å²) in [7, 11) is 2.08. The third-order valence-electron chi connectivity index (χ3n) is 1.34. The van der Waals surface area contributed by atoms with E-state index in [0.29, 0.717) is 0 Å². The van der Waals surface area contributed by atoms with Gasteiger partial charge >= 0.3 is 0 Å². The Morgan fingerprint density at radius 3 is 1.86 bits per heavy atom. The van der Waals surface area contributed by atoms with Crippen LogP contribution in [0.3, 0.4) is 0 Å². The fraction of sp³-hybridized carbons (Fsp3) is 0.500. The van der Waals surface area contributed by atoms with Crippen LogP contribution < -0.4 is 11.5 Å². The molecule has 0 saturated heterocycles. The summed E-state index contributed by atoms with van der Waals surface area (Å²) in [5.41, 5.74) is 8.31. The highest BCUT2D eigenvalue weighted by Crippen LogP contribution is 2.00.